The van der Waals surface area contributed by atoms with Crippen LogP contribution in [0.3, 0.4) is 0 Å². The number of hydrogen-bond donors (Lipinski definition) is 1. The first-order chi connectivity index (χ1) is 11.9. The molecule has 8 heteroatoms. The predicted octanol–water partition coefficient (Wildman–Crippen LogP) is 0.136. The second kappa shape index (κ2) is 7.47. The van der Waals surface area contributed by atoms with E-state index < -0.39 is 9.84 Å². The first-order valence-corrected chi connectivity index (χ1v) is 10.7. The summed E-state index contributed by atoms with van der Waals surface area (Å²) < 4.78 is 31.0. The molecular formula is C17H27N3O4S. The highest BCUT2D eigenvalue weighted by molar-refractivity contribution is 7.91. The highest BCUT2D eigenvalue weighted by Crippen LogP contribution is 2.33. The van der Waals surface area contributed by atoms with Crippen LogP contribution in [0.1, 0.15) is 17.4 Å². The van der Waals surface area contributed by atoms with Crippen LogP contribution in [0, 0.1) is 11.8 Å². The molecule has 2 fully saturated rings. The van der Waals surface area contributed by atoms with Crippen LogP contribution in [0.2, 0.25) is 0 Å². The number of sulfone groups is 1. The Morgan fingerprint density at radius 3 is 2.88 bits per heavy atom. The van der Waals surface area contributed by atoms with Crippen molar-refractivity contribution >= 4 is 15.7 Å². The van der Waals surface area contributed by atoms with E-state index in [1.54, 1.807) is 17.6 Å². The number of nitrogens with one attached hydrogen (secondary N) is 1. The predicted molar refractivity (Wildman–Crippen MR) is 95.2 cm³/mol. The molecule has 3 atom stereocenters. The fraction of sp³-hybridized carbons (Fsp3) is 0.706. The molecule has 0 radical (unpaired) electrons. The molecule has 1 aromatic rings. The van der Waals surface area contributed by atoms with Crippen LogP contribution in [0.15, 0.2) is 18.3 Å². The topological polar surface area (TPSA) is 80.6 Å². The highest BCUT2D eigenvalue weighted by atomic mass is 32.2. The molecule has 1 N–H and O–H groups in total. The van der Waals surface area contributed by atoms with Gasteiger partial charge in [0.25, 0.3) is 5.91 Å². The number of likely N-dealkylation sites (tertiary alicyclic amines) is 1. The van der Waals surface area contributed by atoms with E-state index in [0.717, 1.165) is 13.1 Å². The number of nitrogens with zero attached hydrogens (tertiary/aromatic N) is 2. The summed E-state index contributed by atoms with van der Waals surface area (Å²) >= 11 is 0. The molecule has 7 nitrogen and oxygen atoms in total. The molecule has 0 unspecified atom stereocenters. The minimum atomic E-state index is -2.94. The number of ether oxygens (including phenoxy) is 1. The first kappa shape index (κ1) is 18.4. The van der Waals surface area contributed by atoms with Gasteiger partial charge in [0, 0.05) is 57.0 Å². The Kier molecular flexibility index (Phi) is 5.50. The third kappa shape index (κ3) is 4.24. The smallest absolute Gasteiger partial charge is 0.267 e. The number of carbonyl (C=O) groups excluding carboxylic acids is 1. The lowest BCUT2D eigenvalue weighted by Crippen LogP contribution is -2.35. The summed E-state index contributed by atoms with van der Waals surface area (Å²) in [5.41, 5.74) is 0.647. The van der Waals surface area contributed by atoms with Crippen LogP contribution >= 0.6 is 0 Å². The molecule has 3 heterocycles. The maximum atomic E-state index is 12.2. The zero-order valence-electron chi connectivity index (χ0n) is 14.8. The average molecular weight is 369 g/mol. The zero-order chi connectivity index (χ0) is 18.0. The maximum absolute atomic E-state index is 12.2. The van der Waals surface area contributed by atoms with Gasteiger partial charge >= 0.3 is 0 Å². The molecule has 2 aliphatic heterocycles. The largest absolute Gasteiger partial charge is 0.376 e. The van der Waals surface area contributed by atoms with Crippen LogP contribution in [0.25, 0.3) is 0 Å². The van der Waals surface area contributed by atoms with E-state index in [4.69, 9.17) is 4.74 Å². The van der Waals surface area contributed by atoms with E-state index in [0.29, 0.717) is 31.3 Å². The lowest BCUT2D eigenvalue weighted by molar-refractivity contribution is 0.0908. The van der Waals surface area contributed by atoms with Crippen molar-refractivity contribution in [3.05, 3.63) is 24.0 Å². The van der Waals surface area contributed by atoms with Gasteiger partial charge in [-0.05, 0) is 12.1 Å². The second-order valence-electron chi connectivity index (χ2n) is 7.01. The fourth-order valence-electron chi connectivity index (χ4n) is 3.70. The molecule has 0 aromatic carbocycles. The summed E-state index contributed by atoms with van der Waals surface area (Å²) in [4.78, 5) is 14.4. The van der Waals surface area contributed by atoms with Gasteiger partial charge in [0.2, 0.25) is 0 Å². The Hall–Kier alpha value is -1.38. The van der Waals surface area contributed by atoms with E-state index in [-0.39, 0.29) is 29.4 Å². The van der Waals surface area contributed by atoms with Crippen molar-refractivity contribution in [1.29, 1.82) is 0 Å². The van der Waals surface area contributed by atoms with Crippen molar-refractivity contribution in [1.82, 2.24) is 14.8 Å². The summed E-state index contributed by atoms with van der Waals surface area (Å²) in [5.74, 6) is 0.968. The van der Waals surface area contributed by atoms with Gasteiger partial charge in [-0.25, -0.2) is 8.42 Å². The first-order valence-electron chi connectivity index (χ1n) is 8.83. The summed E-state index contributed by atoms with van der Waals surface area (Å²) in [6.07, 6.45) is 2.00. The van der Waals surface area contributed by atoms with E-state index in [2.05, 4.69) is 10.2 Å². The number of carbonyl (C=O) groups is 1. The second-order valence-corrected chi connectivity index (χ2v) is 9.48. The van der Waals surface area contributed by atoms with Crippen molar-refractivity contribution in [3.8, 4) is 0 Å². The Balaban J connectivity index is 1.49. The van der Waals surface area contributed by atoms with Crippen LogP contribution in [-0.2, 0) is 21.6 Å². The molecular weight excluding hydrogens is 342 g/mol. The van der Waals surface area contributed by atoms with Gasteiger partial charge in [0.15, 0.2) is 9.84 Å². The van der Waals surface area contributed by atoms with Gasteiger partial charge in [0.05, 0.1) is 18.5 Å². The lowest BCUT2D eigenvalue weighted by Gasteiger charge is -2.19. The van der Waals surface area contributed by atoms with E-state index in [9.17, 15) is 13.2 Å². The van der Waals surface area contributed by atoms with Crippen molar-refractivity contribution in [2.45, 2.75) is 13.0 Å². The van der Waals surface area contributed by atoms with Crippen molar-refractivity contribution in [2.24, 2.45) is 18.9 Å². The van der Waals surface area contributed by atoms with Gasteiger partial charge in [-0.15, -0.1) is 0 Å². The third-order valence-corrected chi connectivity index (χ3v) is 7.06. The molecule has 140 valence electrons. The number of fused-ring (bicyclic) bond motifs is 1. The van der Waals surface area contributed by atoms with Crippen molar-refractivity contribution in [3.63, 3.8) is 0 Å². The molecule has 25 heavy (non-hydrogen) atoms. The number of amides is 1. The van der Waals surface area contributed by atoms with Crippen LogP contribution in [0.4, 0.5) is 0 Å². The van der Waals surface area contributed by atoms with Crippen molar-refractivity contribution in [2.75, 3.05) is 44.3 Å². The van der Waals surface area contributed by atoms with Crippen LogP contribution in [-0.4, -0.2) is 74.2 Å². The zero-order valence-corrected chi connectivity index (χ0v) is 15.7. The molecule has 0 aliphatic carbocycles. The van der Waals surface area contributed by atoms with Gasteiger partial charge in [0.1, 0.15) is 5.69 Å². The van der Waals surface area contributed by atoms with E-state index >= 15 is 0 Å². The summed E-state index contributed by atoms with van der Waals surface area (Å²) in [6, 6.07) is 3.65. The summed E-state index contributed by atoms with van der Waals surface area (Å²) in [7, 11) is -1.09. The molecule has 0 spiro atoms. The molecule has 1 amide bonds. The maximum Gasteiger partial charge on any atom is 0.267 e. The molecule has 2 aliphatic rings. The number of rotatable bonds is 7. The number of hydrogen-bond acceptors (Lipinski definition) is 5. The van der Waals surface area contributed by atoms with Gasteiger partial charge in [-0.2, -0.15) is 0 Å². The van der Waals surface area contributed by atoms with Gasteiger partial charge < -0.3 is 14.6 Å². The van der Waals surface area contributed by atoms with Gasteiger partial charge in [-0.1, -0.05) is 6.92 Å². The van der Waals surface area contributed by atoms with E-state index in [1.807, 2.05) is 19.3 Å². The number of aromatic nitrogens is 1. The van der Waals surface area contributed by atoms with Gasteiger partial charge in [-0.3, -0.25) is 9.69 Å². The molecule has 3 rings (SSSR count). The summed E-state index contributed by atoms with van der Waals surface area (Å²) in [5, 5.41) is 3.01. The monoisotopic (exact) mass is 369 g/mol. The Morgan fingerprint density at radius 1 is 1.40 bits per heavy atom. The standard InChI is InChI=1S/C17H27N3O4S/c1-3-25(22,23)8-7-20-10-14-13(12-24-16(14)11-20)9-18-17(21)15-5-4-6-19(15)2/h4-6,13-14,16H,3,7-12H2,1-2H3,(H,18,21)/t13-,14+,16+/m1/s1. The third-order valence-electron chi connectivity index (χ3n) is 5.37. The molecule has 1 aromatic heterocycles. The van der Waals surface area contributed by atoms with Crippen molar-refractivity contribution < 1.29 is 17.9 Å². The number of aryl methyl sites for hydroxylation is 1. The quantitative estimate of drug-likeness (QED) is 0.739. The van der Waals surface area contributed by atoms with Crippen LogP contribution in [0.5, 0.6) is 0 Å². The minimum absolute atomic E-state index is 0.0696. The Bertz CT molecular complexity index is 715. The molecule has 0 bridgehead atoms. The average Bonchev–Trinajstić information content (AvgIpc) is 3.26. The molecule has 2 saturated heterocycles. The normalized spacial score (nSPS) is 26.7. The summed E-state index contributed by atoms with van der Waals surface area (Å²) in [6.45, 7) is 5.12. The fourth-order valence-corrected chi connectivity index (χ4v) is 4.52. The van der Waals surface area contributed by atoms with E-state index in [1.165, 1.54) is 0 Å². The minimum Gasteiger partial charge on any atom is -0.376 e. The lowest BCUT2D eigenvalue weighted by atomic mass is 9.93. The highest BCUT2D eigenvalue weighted by Gasteiger charge is 2.43. The van der Waals surface area contributed by atoms with Crippen LogP contribution < -0.4 is 5.32 Å². The Morgan fingerprint density at radius 2 is 2.20 bits per heavy atom. The SMILES string of the molecule is CCS(=O)(=O)CCN1C[C@H]2[C@H](CNC(=O)c3cccn3C)CO[C@H]2C1. The molecule has 0 saturated carbocycles. The Labute approximate surface area is 149 Å².